The van der Waals surface area contributed by atoms with Crippen LogP contribution < -0.4 is 4.84 Å². The summed E-state index contributed by atoms with van der Waals surface area (Å²) in [6.07, 6.45) is 9.67. The topological polar surface area (TPSA) is 49.0 Å². The highest BCUT2D eigenvalue weighted by atomic mass is 32.1. The lowest BCUT2D eigenvalue weighted by atomic mass is 9.98. The van der Waals surface area contributed by atoms with Crippen LogP contribution in [-0.2, 0) is 4.79 Å². The molecular weight excluding hydrogens is 310 g/mol. The van der Waals surface area contributed by atoms with Crippen LogP contribution in [-0.4, -0.2) is 20.3 Å². The highest BCUT2D eigenvalue weighted by Gasteiger charge is 2.26. The number of allylic oxidation sites excluding steroid dienone is 4. The molecule has 0 radical (unpaired) electrons. The quantitative estimate of drug-likeness (QED) is 0.787. The van der Waals surface area contributed by atoms with Gasteiger partial charge in [0, 0.05) is 11.9 Å². The van der Waals surface area contributed by atoms with Crippen LogP contribution >= 0.6 is 12.2 Å². The predicted octanol–water partition coefficient (Wildman–Crippen LogP) is 3.76. The van der Waals surface area contributed by atoms with Crippen molar-refractivity contribution >= 4 is 35.0 Å². The van der Waals surface area contributed by atoms with Crippen molar-refractivity contribution in [1.82, 2.24) is 14.3 Å². The largest absolute Gasteiger partial charge is 0.338 e. The third kappa shape index (κ3) is 2.86. The normalized spacial score (nSPS) is 14.8. The highest BCUT2D eigenvalue weighted by Crippen LogP contribution is 2.25. The molecule has 3 rings (SSSR count). The summed E-state index contributed by atoms with van der Waals surface area (Å²) in [6.45, 7) is 5.43. The molecule has 1 aliphatic carbocycles. The number of pyridine rings is 1. The average Bonchev–Trinajstić information content (AvgIpc) is 2.80. The monoisotopic (exact) mass is 329 g/mol. The van der Waals surface area contributed by atoms with Gasteiger partial charge < -0.3 is 4.84 Å². The summed E-state index contributed by atoms with van der Waals surface area (Å²) in [5.41, 5.74) is 1.82. The summed E-state index contributed by atoms with van der Waals surface area (Å²) < 4.78 is 3.70. The van der Waals surface area contributed by atoms with Crippen molar-refractivity contribution in [2.24, 2.45) is 5.41 Å². The molecule has 0 unspecified atom stereocenters. The second-order valence-corrected chi connectivity index (χ2v) is 6.88. The number of imidazole rings is 1. The molecule has 0 bridgehead atoms. The van der Waals surface area contributed by atoms with Gasteiger partial charge in [0.25, 0.3) is 0 Å². The average molecular weight is 329 g/mol. The highest BCUT2D eigenvalue weighted by molar-refractivity contribution is 7.71. The van der Waals surface area contributed by atoms with Crippen molar-refractivity contribution in [3.63, 3.8) is 0 Å². The van der Waals surface area contributed by atoms with E-state index < -0.39 is 5.41 Å². The molecule has 0 saturated heterocycles. The molecule has 0 spiro atoms. The lowest BCUT2D eigenvalue weighted by molar-refractivity contribution is -0.153. The predicted molar refractivity (Wildman–Crippen MR) is 92.2 cm³/mol. The number of rotatable bonds is 2. The van der Waals surface area contributed by atoms with Crippen molar-refractivity contribution in [2.75, 3.05) is 0 Å². The van der Waals surface area contributed by atoms with Crippen LogP contribution in [0.1, 0.15) is 33.6 Å². The molecule has 5 nitrogen and oxygen atoms in total. The molecule has 6 heteroatoms. The van der Waals surface area contributed by atoms with Gasteiger partial charge in [-0.05, 0) is 64.0 Å². The molecule has 2 heterocycles. The smallest absolute Gasteiger partial charge is 0.333 e. The summed E-state index contributed by atoms with van der Waals surface area (Å²) in [6, 6.07) is 3.65. The molecule has 0 aliphatic heterocycles. The second-order valence-electron chi connectivity index (χ2n) is 6.51. The maximum absolute atomic E-state index is 12.3. The molecule has 23 heavy (non-hydrogen) atoms. The fraction of sp³-hybridized carbons (Fsp3) is 0.353. The molecule has 0 fully saturated rings. The van der Waals surface area contributed by atoms with Crippen molar-refractivity contribution in [1.29, 1.82) is 0 Å². The summed E-state index contributed by atoms with van der Waals surface area (Å²) in [7, 11) is 0. The van der Waals surface area contributed by atoms with E-state index in [-0.39, 0.29) is 5.97 Å². The summed E-state index contributed by atoms with van der Waals surface area (Å²) in [4.78, 5) is 22.3. The molecule has 0 atom stereocenters. The van der Waals surface area contributed by atoms with E-state index in [1.54, 1.807) is 12.3 Å². The van der Waals surface area contributed by atoms with Gasteiger partial charge in [-0.2, -0.15) is 0 Å². The first kappa shape index (κ1) is 15.7. The molecule has 2 aromatic rings. The number of carbonyl (C=O) groups excluding carboxylic acids is 1. The van der Waals surface area contributed by atoms with Crippen LogP contribution in [0.4, 0.5) is 0 Å². The first-order valence-electron chi connectivity index (χ1n) is 7.57. The number of hydrogen-bond acceptors (Lipinski definition) is 4. The van der Waals surface area contributed by atoms with Crippen molar-refractivity contribution in [2.45, 2.75) is 33.6 Å². The fourth-order valence-electron chi connectivity index (χ4n) is 2.35. The zero-order chi connectivity index (χ0) is 16.6. The molecule has 0 N–H and O–H groups in total. The zero-order valence-electron chi connectivity index (χ0n) is 13.4. The molecule has 0 saturated carbocycles. The lowest BCUT2D eigenvalue weighted by Crippen LogP contribution is -2.31. The maximum atomic E-state index is 12.3. The van der Waals surface area contributed by atoms with E-state index in [1.165, 1.54) is 4.73 Å². The van der Waals surface area contributed by atoms with Crippen LogP contribution in [0.5, 0.6) is 0 Å². The molecular formula is C17H19N3O2S. The van der Waals surface area contributed by atoms with E-state index in [0.717, 1.165) is 18.5 Å². The van der Waals surface area contributed by atoms with Crippen molar-refractivity contribution in [3.05, 3.63) is 41.3 Å². The number of aromatic nitrogens is 3. The molecule has 0 aromatic carbocycles. The summed E-state index contributed by atoms with van der Waals surface area (Å²) in [5.74, 6) is -0.339. The minimum Gasteiger partial charge on any atom is -0.333 e. The minimum absolute atomic E-state index is 0.339. The van der Waals surface area contributed by atoms with Crippen LogP contribution in [0.15, 0.2) is 36.6 Å². The van der Waals surface area contributed by atoms with Crippen LogP contribution in [0.2, 0.25) is 0 Å². The van der Waals surface area contributed by atoms with E-state index in [9.17, 15) is 4.79 Å². The van der Waals surface area contributed by atoms with Crippen LogP contribution in [0, 0.1) is 10.2 Å². The lowest BCUT2D eigenvalue weighted by Gasteiger charge is -2.16. The Morgan fingerprint density at radius 1 is 1.39 bits per heavy atom. The van der Waals surface area contributed by atoms with E-state index in [4.69, 9.17) is 17.1 Å². The van der Waals surface area contributed by atoms with Gasteiger partial charge in [-0.25, -0.2) is 9.78 Å². The molecule has 0 amide bonds. The Morgan fingerprint density at radius 3 is 2.83 bits per heavy atom. The molecule has 1 aliphatic rings. The van der Waals surface area contributed by atoms with Gasteiger partial charge in [0.15, 0.2) is 5.65 Å². The van der Waals surface area contributed by atoms with Crippen molar-refractivity contribution in [3.8, 4) is 0 Å². The second kappa shape index (κ2) is 5.77. The number of nitrogens with zero attached hydrogens (tertiary/aromatic N) is 3. The molecule has 2 aromatic heterocycles. The van der Waals surface area contributed by atoms with E-state index >= 15 is 0 Å². The molecule has 120 valence electrons. The van der Waals surface area contributed by atoms with Gasteiger partial charge in [0.1, 0.15) is 5.52 Å². The maximum Gasteiger partial charge on any atom is 0.338 e. The van der Waals surface area contributed by atoms with E-state index in [0.29, 0.717) is 15.9 Å². The SMILES string of the molecule is CC(C)(C)C(=O)On1c(=S)n(C2=CC=CCC2)c2ncccc21. The third-order valence-corrected chi connectivity index (χ3v) is 3.98. The van der Waals surface area contributed by atoms with Gasteiger partial charge in [-0.3, -0.25) is 4.57 Å². The third-order valence-electron chi connectivity index (χ3n) is 3.63. The number of carbonyl (C=O) groups is 1. The zero-order valence-corrected chi connectivity index (χ0v) is 14.3. The Bertz CT molecular complexity index is 881. The summed E-state index contributed by atoms with van der Waals surface area (Å²) >= 11 is 5.56. The number of fused-ring (bicyclic) bond motifs is 1. The van der Waals surface area contributed by atoms with Gasteiger partial charge >= 0.3 is 5.97 Å². The first-order valence-corrected chi connectivity index (χ1v) is 7.98. The van der Waals surface area contributed by atoms with Crippen molar-refractivity contribution < 1.29 is 9.63 Å². The van der Waals surface area contributed by atoms with Gasteiger partial charge in [-0.1, -0.05) is 12.2 Å². The fourth-order valence-corrected chi connectivity index (χ4v) is 2.69. The van der Waals surface area contributed by atoms with Crippen LogP contribution in [0.25, 0.3) is 16.9 Å². The summed E-state index contributed by atoms with van der Waals surface area (Å²) in [5, 5.41) is 0. The number of hydrogen-bond donors (Lipinski definition) is 0. The van der Waals surface area contributed by atoms with Gasteiger partial charge in [0.05, 0.1) is 5.41 Å². The first-order chi connectivity index (χ1) is 10.9. The Morgan fingerprint density at radius 2 is 2.17 bits per heavy atom. The standard InChI is InChI=1S/C17H19N3O2S/c1-17(2,3)15(21)22-20-13-10-7-11-18-14(13)19(16(20)23)12-8-5-4-6-9-12/h4-5,7-8,10-11H,6,9H2,1-3H3. The Kier molecular flexibility index (Phi) is 3.93. The van der Waals surface area contributed by atoms with Crippen LogP contribution in [0.3, 0.4) is 0 Å². The van der Waals surface area contributed by atoms with E-state index in [2.05, 4.69) is 11.1 Å². The van der Waals surface area contributed by atoms with E-state index in [1.807, 2.05) is 43.6 Å². The van der Waals surface area contributed by atoms with Gasteiger partial charge in [0.2, 0.25) is 4.77 Å². The van der Waals surface area contributed by atoms with Gasteiger partial charge in [-0.15, -0.1) is 4.73 Å². The minimum atomic E-state index is -0.613. The Labute approximate surface area is 139 Å². The Balaban J connectivity index is 2.18. The Hall–Kier alpha value is -2.21.